The Labute approximate surface area is 120 Å². The van der Waals surface area contributed by atoms with E-state index in [9.17, 15) is 9.59 Å². The molecule has 2 aromatic heterocycles. The number of carbonyl (C=O) groups excluding carboxylic acids is 1. The van der Waals surface area contributed by atoms with Crippen LogP contribution < -0.4 is 5.69 Å². The van der Waals surface area contributed by atoms with Crippen LogP contribution in [0.4, 0.5) is 0 Å². The number of fused-ring (bicyclic) bond motifs is 1. The van der Waals surface area contributed by atoms with Crippen LogP contribution in [0.5, 0.6) is 0 Å². The zero-order chi connectivity index (χ0) is 14.1. The van der Waals surface area contributed by atoms with Gasteiger partial charge < -0.3 is 4.90 Å². The Morgan fingerprint density at radius 2 is 2.15 bits per heavy atom. The Morgan fingerprint density at radius 1 is 1.40 bits per heavy atom. The van der Waals surface area contributed by atoms with E-state index in [1.807, 2.05) is 16.7 Å². The molecule has 1 fully saturated rings. The second-order valence-corrected chi connectivity index (χ2v) is 6.04. The van der Waals surface area contributed by atoms with Crippen molar-refractivity contribution in [3.05, 3.63) is 34.4 Å². The van der Waals surface area contributed by atoms with Crippen molar-refractivity contribution in [2.75, 3.05) is 19.3 Å². The maximum absolute atomic E-state index is 12.4. The Morgan fingerprint density at radius 3 is 2.85 bits per heavy atom. The van der Waals surface area contributed by atoms with Gasteiger partial charge in [-0.1, -0.05) is 0 Å². The molecule has 0 aromatic carbocycles. The Bertz CT molecular complexity index is 685. The van der Waals surface area contributed by atoms with E-state index in [0.29, 0.717) is 16.5 Å². The van der Waals surface area contributed by atoms with Gasteiger partial charge in [-0.05, 0) is 31.2 Å². The lowest BCUT2D eigenvalue weighted by Crippen LogP contribution is -2.39. The number of nitrogens with zero attached hydrogens (tertiary/aromatic N) is 3. The fourth-order valence-electron chi connectivity index (χ4n) is 2.51. The first-order valence-corrected chi connectivity index (χ1v) is 7.86. The van der Waals surface area contributed by atoms with Crippen molar-refractivity contribution in [3.63, 3.8) is 0 Å². The highest BCUT2D eigenvalue weighted by Crippen LogP contribution is 2.22. The van der Waals surface area contributed by atoms with Gasteiger partial charge in [0.25, 0.3) is 5.91 Å². The maximum atomic E-state index is 12.4. The fourth-order valence-corrected chi connectivity index (χ4v) is 3.19. The van der Waals surface area contributed by atoms with Gasteiger partial charge in [0.05, 0.1) is 5.56 Å². The minimum atomic E-state index is -0.323. The van der Waals surface area contributed by atoms with Crippen LogP contribution in [0.1, 0.15) is 23.2 Å². The van der Waals surface area contributed by atoms with E-state index in [4.69, 9.17) is 0 Å². The predicted octanol–water partition coefficient (Wildman–Crippen LogP) is 0.990. The lowest BCUT2D eigenvalue weighted by Gasteiger charge is -2.31. The first-order chi connectivity index (χ1) is 9.69. The second kappa shape index (κ2) is 5.32. The number of carbonyl (C=O) groups is 1. The highest BCUT2D eigenvalue weighted by molar-refractivity contribution is 7.99. The summed E-state index contributed by atoms with van der Waals surface area (Å²) in [5.41, 5.74) is 0.729. The quantitative estimate of drug-likeness (QED) is 0.896. The molecule has 0 bridgehead atoms. The van der Waals surface area contributed by atoms with Crippen molar-refractivity contribution in [3.8, 4) is 0 Å². The number of aromatic amines is 1. The maximum Gasteiger partial charge on any atom is 0.347 e. The second-order valence-electron chi connectivity index (χ2n) is 4.90. The van der Waals surface area contributed by atoms with Crippen LogP contribution in [0.25, 0.3) is 5.65 Å². The highest BCUT2D eigenvalue weighted by atomic mass is 32.2. The summed E-state index contributed by atoms with van der Waals surface area (Å²) in [5.74, 6) is -0.0143. The fraction of sp³-hybridized carbons (Fsp3) is 0.462. The van der Waals surface area contributed by atoms with Crippen LogP contribution in [0.15, 0.2) is 23.1 Å². The molecule has 20 heavy (non-hydrogen) atoms. The molecule has 3 heterocycles. The Hall–Kier alpha value is -1.76. The number of hydrogen-bond acceptors (Lipinski definition) is 4. The number of hydrogen-bond donors (Lipinski definition) is 1. The summed E-state index contributed by atoms with van der Waals surface area (Å²) in [7, 11) is 0. The van der Waals surface area contributed by atoms with E-state index in [2.05, 4.69) is 16.5 Å². The van der Waals surface area contributed by atoms with Crippen LogP contribution in [-0.2, 0) is 0 Å². The molecular weight excluding hydrogens is 276 g/mol. The summed E-state index contributed by atoms with van der Waals surface area (Å²) in [4.78, 5) is 25.8. The summed E-state index contributed by atoms with van der Waals surface area (Å²) in [6.07, 6.45) is 5.73. The third-order valence-electron chi connectivity index (χ3n) is 3.72. The van der Waals surface area contributed by atoms with E-state index < -0.39 is 0 Å². The zero-order valence-corrected chi connectivity index (χ0v) is 12.0. The summed E-state index contributed by atoms with van der Waals surface area (Å²) >= 11 is 1.86. The molecular formula is C13H16N4O2S. The monoisotopic (exact) mass is 292 g/mol. The molecule has 1 amide bonds. The molecule has 0 spiro atoms. The highest BCUT2D eigenvalue weighted by Gasteiger charge is 2.23. The number of H-pyrrole nitrogens is 1. The van der Waals surface area contributed by atoms with Gasteiger partial charge in [0.1, 0.15) is 0 Å². The smallest absolute Gasteiger partial charge is 0.339 e. The Balaban J connectivity index is 1.82. The van der Waals surface area contributed by atoms with Gasteiger partial charge in [-0.15, -0.1) is 0 Å². The van der Waals surface area contributed by atoms with Crippen LogP contribution in [0.2, 0.25) is 0 Å². The van der Waals surface area contributed by atoms with E-state index in [-0.39, 0.29) is 11.6 Å². The number of amides is 1. The van der Waals surface area contributed by atoms with Crippen LogP contribution in [-0.4, -0.2) is 50.0 Å². The molecule has 1 saturated heterocycles. The predicted molar refractivity (Wildman–Crippen MR) is 78.3 cm³/mol. The van der Waals surface area contributed by atoms with Gasteiger partial charge in [-0.3, -0.25) is 4.79 Å². The molecule has 1 N–H and O–H groups in total. The number of rotatable bonds is 2. The van der Waals surface area contributed by atoms with E-state index in [0.717, 1.165) is 25.9 Å². The molecule has 1 aliphatic rings. The number of nitrogens with one attached hydrogen (secondary N) is 1. The van der Waals surface area contributed by atoms with Gasteiger partial charge in [-0.2, -0.15) is 16.9 Å². The van der Waals surface area contributed by atoms with Crippen molar-refractivity contribution in [2.24, 2.45) is 0 Å². The third kappa shape index (κ3) is 2.33. The van der Waals surface area contributed by atoms with Gasteiger partial charge in [-0.25, -0.2) is 14.3 Å². The largest absolute Gasteiger partial charge is 0.347 e. The van der Waals surface area contributed by atoms with E-state index >= 15 is 0 Å². The first-order valence-electron chi connectivity index (χ1n) is 6.58. The number of thioether (sulfide) groups is 1. The average Bonchev–Trinajstić information content (AvgIpc) is 2.87. The molecule has 3 rings (SSSR count). The average molecular weight is 292 g/mol. The summed E-state index contributed by atoms with van der Waals surface area (Å²) in [6, 6.07) is 3.40. The molecule has 0 unspecified atom stereocenters. The molecule has 2 aromatic rings. The van der Waals surface area contributed by atoms with E-state index in [1.54, 1.807) is 18.3 Å². The summed E-state index contributed by atoms with van der Waals surface area (Å²) in [5, 5.41) is 6.87. The molecule has 0 aliphatic carbocycles. The topological polar surface area (TPSA) is 70.5 Å². The van der Waals surface area contributed by atoms with E-state index in [1.165, 1.54) is 4.40 Å². The number of aromatic nitrogens is 3. The molecule has 6 nitrogen and oxygen atoms in total. The van der Waals surface area contributed by atoms with Gasteiger partial charge in [0.2, 0.25) is 0 Å². The lowest BCUT2D eigenvalue weighted by atomic mass is 10.1. The van der Waals surface area contributed by atoms with Gasteiger partial charge in [0, 0.05) is 24.5 Å². The van der Waals surface area contributed by atoms with Crippen LogP contribution in [0, 0.1) is 0 Å². The molecule has 1 aliphatic heterocycles. The molecule has 0 radical (unpaired) electrons. The molecule has 7 heteroatoms. The number of pyridine rings is 1. The Kier molecular flexibility index (Phi) is 3.52. The SMILES string of the molecule is CSC1CCN(C(=O)c2ccc3n[nH]c(=O)n3c2)CC1. The molecule has 0 saturated carbocycles. The molecule has 106 valence electrons. The van der Waals surface area contributed by atoms with Crippen LogP contribution in [0.3, 0.4) is 0 Å². The normalized spacial score (nSPS) is 16.8. The summed E-state index contributed by atoms with van der Waals surface area (Å²) in [6.45, 7) is 1.56. The summed E-state index contributed by atoms with van der Waals surface area (Å²) < 4.78 is 1.36. The minimum Gasteiger partial charge on any atom is -0.339 e. The van der Waals surface area contributed by atoms with Crippen molar-refractivity contribution >= 4 is 23.3 Å². The van der Waals surface area contributed by atoms with Crippen LogP contribution >= 0.6 is 11.8 Å². The number of piperidine rings is 1. The lowest BCUT2D eigenvalue weighted by molar-refractivity contribution is 0.0727. The number of likely N-dealkylation sites (tertiary alicyclic amines) is 1. The standard InChI is InChI=1S/C13H16N4O2S/c1-20-10-4-6-16(7-5-10)12(18)9-2-3-11-14-15-13(19)17(11)8-9/h2-3,8,10H,4-7H2,1H3,(H,15,19). The zero-order valence-electron chi connectivity index (χ0n) is 11.2. The van der Waals surface area contributed by atoms with Crippen molar-refractivity contribution in [1.82, 2.24) is 19.5 Å². The minimum absolute atomic E-state index is 0.0143. The van der Waals surface area contributed by atoms with Gasteiger partial charge in [0.15, 0.2) is 5.65 Å². The van der Waals surface area contributed by atoms with Crippen molar-refractivity contribution in [1.29, 1.82) is 0 Å². The third-order valence-corrected chi connectivity index (χ3v) is 4.86. The van der Waals surface area contributed by atoms with Crippen molar-refractivity contribution < 1.29 is 4.79 Å². The first kappa shape index (κ1) is 13.2. The van der Waals surface area contributed by atoms with Crippen molar-refractivity contribution in [2.45, 2.75) is 18.1 Å². The van der Waals surface area contributed by atoms with Gasteiger partial charge >= 0.3 is 5.69 Å². The molecule has 0 atom stereocenters.